The van der Waals surface area contributed by atoms with Crippen LogP contribution in [-0.2, 0) is 4.84 Å². The van der Waals surface area contributed by atoms with Crippen molar-refractivity contribution in [1.82, 2.24) is 5.48 Å². The molecule has 1 aliphatic carbocycles. The molecule has 1 amide bonds. The summed E-state index contributed by atoms with van der Waals surface area (Å²) in [7, 11) is 0. The van der Waals surface area contributed by atoms with Crippen LogP contribution >= 0.6 is 0 Å². The molecule has 3 heteroatoms. The second kappa shape index (κ2) is 5.41. The predicted molar refractivity (Wildman–Crippen MR) is 74.8 cm³/mol. The molecule has 19 heavy (non-hydrogen) atoms. The van der Waals surface area contributed by atoms with Gasteiger partial charge in [-0.1, -0.05) is 43.2 Å². The number of carbonyl (C=O) groups excluding carboxylic acids is 1. The first kappa shape index (κ1) is 12.2. The lowest BCUT2D eigenvalue weighted by Crippen LogP contribution is -2.28. The van der Waals surface area contributed by atoms with Gasteiger partial charge in [0.15, 0.2) is 0 Å². The molecule has 1 N–H and O–H groups in total. The Morgan fingerprint density at radius 1 is 1.05 bits per heavy atom. The van der Waals surface area contributed by atoms with Crippen LogP contribution in [0.3, 0.4) is 0 Å². The molecule has 3 rings (SSSR count). The van der Waals surface area contributed by atoms with Gasteiger partial charge in [-0.3, -0.25) is 9.63 Å². The Balaban J connectivity index is 1.70. The highest BCUT2D eigenvalue weighted by Gasteiger charge is 2.17. The molecule has 0 unspecified atom stereocenters. The van der Waals surface area contributed by atoms with E-state index in [0.717, 1.165) is 23.6 Å². The summed E-state index contributed by atoms with van der Waals surface area (Å²) in [5.41, 5.74) is 3.20. The molecule has 3 nitrogen and oxygen atoms in total. The number of benzene rings is 2. The maximum absolute atomic E-state index is 12.0. The molecule has 0 aromatic heterocycles. The zero-order valence-electron chi connectivity index (χ0n) is 10.8. The van der Waals surface area contributed by atoms with Crippen LogP contribution in [0.1, 0.15) is 36.0 Å². The van der Waals surface area contributed by atoms with Gasteiger partial charge in [-0.2, -0.15) is 0 Å². The third kappa shape index (κ3) is 2.76. The van der Waals surface area contributed by atoms with Gasteiger partial charge < -0.3 is 0 Å². The molecular formula is C16H17NO2. The summed E-state index contributed by atoms with van der Waals surface area (Å²) in [6.07, 6.45) is 4.65. The Kier molecular flexibility index (Phi) is 3.47. The summed E-state index contributed by atoms with van der Waals surface area (Å²) in [5.74, 6) is -0.169. The molecule has 2 aromatic rings. The third-order valence-corrected chi connectivity index (χ3v) is 3.63. The highest BCUT2D eigenvalue weighted by Crippen LogP contribution is 2.20. The number of amides is 1. The standard InChI is InChI=1S/C16H17NO2/c18-16(17-19-15-7-3-4-8-15)14-10-9-12-5-1-2-6-13(12)11-14/h1-2,5-6,9-11,15H,3-4,7-8H2,(H,17,18). The monoisotopic (exact) mass is 255 g/mol. The lowest BCUT2D eigenvalue weighted by molar-refractivity contribution is -0.0124. The molecule has 0 aliphatic heterocycles. The van der Waals surface area contributed by atoms with Crippen LogP contribution in [0, 0.1) is 0 Å². The molecule has 98 valence electrons. The number of hydroxylamine groups is 1. The topological polar surface area (TPSA) is 38.3 Å². The fourth-order valence-corrected chi connectivity index (χ4v) is 2.53. The van der Waals surface area contributed by atoms with E-state index in [4.69, 9.17) is 4.84 Å². The average molecular weight is 255 g/mol. The first-order chi connectivity index (χ1) is 9.33. The van der Waals surface area contributed by atoms with Crippen molar-refractivity contribution in [3.63, 3.8) is 0 Å². The zero-order chi connectivity index (χ0) is 13.1. The van der Waals surface area contributed by atoms with Crippen molar-refractivity contribution >= 4 is 16.7 Å². The summed E-state index contributed by atoms with van der Waals surface area (Å²) in [6, 6.07) is 13.7. The van der Waals surface area contributed by atoms with Crippen molar-refractivity contribution < 1.29 is 9.63 Å². The molecular weight excluding hydrogens is 238 g/mol. The van der Waals surface area contributed by atoms with Crippen LogP contribution in [0.2, 0.25) is 0 Å². The molecule has 0 spiro atoms. The highest BCUT2D eigenvalue weighted by atomic mass is 16.7. The Bertz CT molecular complexity index is 588. The second-order valence-corrected chi connectivity index (χ2v) is 5.02. The summed E-state index contributed by atoms with van der Waals surface area (Å²) in [6.45, 7) is 0. The zero-order valence-corrected chi connectivity index (χ0v) is 10.8. The molecule has 1 fully saturated rings. The van der Waals surface area contributed by atoms with Gasteiger partial charge in [0.05, 0.1) is 6.10 Å². The minimum Gasteiger partial charge on any atom is -0.270 e. The molecule has 0 bridgehead atoms. The molecule has 0 heterocycles. The van der Waals surface area contributed by atoms with Crippen LogP contribution in [0.15, 0.2) is 42.5 Å². The Morgan fingerprint density at radius 3 is 2.58 bits per heavy atom. The normalized spacial score (nSPS) is 15.8. The van der Waals surface area contributed by atoms with Crippen molar-refractivity contribution in [2.45, 2.75) is 31.8 Å². The quantitative estimate of drug-likeness (QED) is 0.853. The Morgan fingerprint density at radius 2 is 1.79 bits per heavy atom. The van der Waals surface area contributed by atoms with Gasteiger partial charge in [0.2, 0.25) is 0 Å². The maximum atomic E-state index is 12.0. The van der Waals surface area contributed by atoms with E-state index in [9.17, 15) is 4.79 Å². The van der Waals surface area contributed by atoms with E-state index in [1.807, 2.05) is 42.5 Å². The van der Waals surface area contributed by atoms with Crippen molar-refractivity contribution in [3.05, 3.63) is 48.0 Å². The van der Waals surface area contributed by atoms with Crippen molar-refractivity contribution in [2.75, 3.05) is 0 Å². The van der Waals surface area contributed by atoms with Crippen LogP contribution < -0.4 is 5.48 Å². The van der Waals surface area contributed by atoms with Crippen LogP contribution in [-0.4, -0.2) is 12.0 Å². The second-order valence-electron chi connectivity index (χ2n) is 5.02. The highest BCUT2D eigenvalue weighted by molar-refractivity contribution is 5.98. The van der Waals surface area contributed by atoms with Gasteiger partial charge in [0.1, 0.15) is 0 Å². The molecule has 2 aromatic carbocycles. The number of fused-ring (bicyclic) bond motifs is 1. The van der Waals surface area contributed by atoms with Crippen molar-refractivity contribution in [2.24, 2.45) is 0 Å². The van der Waals surface area contributed by atoms with Gasteiger partial charge in [-0.15, -0.1) is 0 Å². The average Bonchev–Trinajstić information content (AvgIpc) is 2.97. The van der Waals surface area contributed by atoms with Gasteiger partial charge in [0.25, 0.3) is 5.91 Å². The Labute approximate surface area is 112 Å². The number of nitrogens with one attached hydrogen (secondary N) is 1. The van der Waals surface area contributed by atoms with E-state index in [1.165, 1.54) is 12.8 Å². The van der Waals surface area contributed by atoms with Crippen molar-refractivity contribution in [3.8, 4) is 0 Å². The summed E-state index contributed by atoms with van der Waals surface area (Å²) in [5, 5.41) is 2.20. The van der Waals surface area contributed by atoms with Crippen LogP contribution in [0.5, 0.6) is 0 Å². The van der Waals surface area contributed by atoms with E-state index in [-0.39, 0.29) is 12.0 Å². The fourth-order valence-electron chi connectivity index (χ4n) is 2.53. The van der Waals surface area contributed by atoms with Gasteiger partial charge in [0, 0.05) is 5.56 Å². The number of rotatable bonds is 3. The molecule has 0 atom stereocenters. The van der Waals surface area contributed by atoms with E-state index < -0.39 is 0 Å². The fraction of sp³-hybridized carbons (Fsp3) is 0.312. The first-order valence-corrected chi connectivity index (χ1v) is 6.78. The summed E-state index contributed by atoms with van der Waals surface area (Å²) >= 11 is 0. The molecule has 1 saturated carbocycles. The minimum atomic E-state index is -0.169. The lowest BCUT2D eigenvalue weighted by atomic mass is 10.1. The predicted octanol–water partition coefficient (Wildman–Crippen LogP) is 3.44. The van der Waals surface area contributed by atoms with Crippen LogP contribution in [0.25, 0.3) is 10.8 Å². The number of carbonyl (C=O) groups is 1. The molecule has 0 saturated heterocycles. The Hall–Kier alpha value is -1.87. The maximum Gasteiger partial charge on any atom is 0.274 e. The first-order valence-electron chi connectivity index (χ1n) is 6.78. The van der Waals surface area contributed by atoms with E-state index in [1.54, 1.807) is 0 Å². The van der Waals surface area contributed by atoms with Crippen LogP contribution in [0.4, 0.5) is 0 Å². The molecule has 1 aliphatic rings. The van der Waals surface area contributed by atoms with E-state index in [2.05, 4.69) is 5.48 Å². The number of hydrogen-bond donors (Lipinski definition) is 1. The number of hydrogen-bond acceptors (Lipinski definition) is 2. The molecule has 0 radical (unpaired) electrons. The summed E-state index contributed by atoms with van der Waals surface area (Å²) < 4.78 is 0. The smallest absolute Gasteiger partial charge is 0.270 e. The third-order valence-electron chi connectivity index (χ3n) is 3.63. The lowest BCUT2D eigenvalue weighted by Gasteiger charge is -2.11. The summed E-state index contributed by atoms with van der Waals surface area (Å²) in [4.78, 5) is 17.4. The minimum absolute atomic E-state index is 0.169. The SMILES string of the molecule is O=C(NOC1CCCC1)c1ccc2ccccc2c1. The largest absolute Gasteiger partial charge is 0.274 e. The van der Waals surface area contributed by atoms with Gasteiger partial charge in [-0.05, 0) is 35.7 Å². The van der Waals surface area contributed by atoms with E-state index >= 15 is 0 Å². The van der Waals surface area contributed by atoms with Gasteiger partial charge >= 0.3 is 0 Å². The van der Waals surface area contributed by atoms with Crippen molar-refractivity contribution in [1.29, 1.82) is 0 Å². The van der Waals surface area contributed by atoms with Gasteiger partial charge in [-0.25, -0.2) is 5.48 Å². The van der Waals surface area contributed by atoms with E-state index in [0.29, 0.717) is 5.56 Å².